The third-order valence-electron chi connectivity index (χ3n) is 3.35. The topological polar surface area (TPSA) is 21.3 Å². The predicted octanol–water partition coefficient (Wildman–Crippen LogP) is 3.72. The highest BCUT2D eigenvalue weighted by Crippen LogP contribution is 2.24. The van der Waals surface area contributed by atoms with Gasteiger partial charge in [0.1, 0.15) is 12.4 Å². The zero-order valence-electron chi connectivity index (χ0n) is 10.7. The zero-order valence-corrected chi connectivity index (χ0v) is 11.5. The first-order valence-electron chi connectivity index (χ1n) is 6.42. The van der Waals surface area contributed by atoms with E-state index in [1.165, 1.54) is 17.5 Å². The molecule has 0 bridgehead atoms. The zero-order chi connectivity index (χ0) is 12.2. The Morgan fingerprint density at radius 1 is 1.00 bits per heavy atom. The monoisotopic (exact) mass is 275 g/mol. The molecule has 2 aromatic carbocycles. The predicted molar refractivity (Wildman–Crippen MR) is 79.8 cm³/mol. The van der Waals surface area contributed by atoms with Crippen LogP contribution < -0.4 is 10.1 Å². The maximum atomic E-state index is 5.76. The molecule has 1 heterocycles. The molecule has 1 atom stereocenters. The maximum Gasteiger partial charge on any atom is 0.119 e. The van der Waals surface area contributed by atoms with Gasteiger partial charge in [0.25, 0.3) is 0 Å². The van der Waals surface area contributed by atoms with Crippen molar-refractivity contribution in [3.05, 3.63) is 65.7 Å². The first-order chi connectivity index (χ1) is 8.92. The van der Waals surface area contributed by atoms with E-state index in [0.717, 1.165) is 12.3 Å². The molecule has 3 rings (SSSR count). The van der Waals surface area contributed by atoms with Crippen LogP contribution in [0.15, 0.2) is 54.6 Å². The van der Waals surface area contributed by atoms with Crippen molar-refractivity contribution in [3.8, 4) is 5.75 Å². The van der Waals surface area contributed by atoms with Crippen LogP contribution in [0.3, 0.4) is 0 Å². The van der Waals surface area contributed by atoms with Gasteiger partial charge in [-0.25, -0.2) is 0 Å². The number of halogens is 1. The standard InChI is InChI=1S/C16H17NO.ClH/c1-2-4-13(5-3-1)12-18-15-8-6-14(7-9-15)16-10-11-17-16;/h1-9,16-17H,10-12H2;1H/t16-;/m0./s1. The summed E-state index contributed by atoms with van der Waals surface area (Å²) in [5.74, 6) is 0.932. The number of rotatable bonds is 4. The molecule has 0 saturated carbocycles. The molecule has 2 nitrogen and oxygen atoms in total. The molecule has 0 aromatic heterocycles. The minimum Gasteiger partial charge on any atom is -0.489 e. The van der Waals surface area contributed by atoms with Gasteiger partial charge in [-0.05, 0) is 36.2 Å². The van der Waals surface area contributed by atoms with Crippen molar-refractivity contribution in [3.63, 3.8) is 0 Å². The number of benzene rings is 2. The molecular weight excluding hydrogens is 258 g/mol. The molecule has 1 aliphatic heterocycles. The van der Waals surface area contributed by atoms with Gasteiger partial charge in [-0.1, -0.05) is 42.5 Å². The van der Waals surface area contributed by atoms with Crippen LogP contribution in [0.4, 0.5) is 0 Å². The van der Waals surface area contributed by atoms with Crippen LogP contribution in [0.25, 0.3) is 0 Å². The van der Waals surface area contributed by atoms with Crippen molar-refractivity contribution >= 4 is 12.4 Å². The summed E-state index contributed by atoms with van der Waals surface area (Å²) in [6.45, 7) is 1.76. The van der Waals surface area contributed by atoms with Crippen molar-refractivity contribution in [2.75, 3.05) is 6.54 Å². The SMILES string of the molecule is Cl.c1ccc(COc2ccc([C@@H]3CCN3)cc2)cc1. The van der Waals surface area contributed by atoms with Crippen molar-refractivity contribution in [2.24, 2.45) is 0 Å². The lowest BCUT2D eigenvalue weighted by molar-refractivity contribution is 0.305. The van der Waals surface area contributed by atoms with Crippen molar-refractivity contribution in [2.45, 2.75) is 19.1 Å². The number of hydrogen-bond acceptors (Lipinski definition) is 2. The van der Waals surface area contributed by atoms with Crippen LogP contribution in [0.2, 0.25) is 0 Å². The fraction of sp³-hybridized carbons (Fsp3) is 0.250. The van der Waals surface area contributed by atoms with Gasteiger partial charge in [-0.2, -0.15) is 0 Å². The van der Waals surface area contributed by atoms with Gasteiger partial charge in [0, 0.05) is 6.04 Å². The minimum atomic E-state index is 0. The lowest BCUT2D eigenvalue weighted by Crippen LogP contribution is -2.34. The Balaban J connectivity index is 0.00000133. The van der Waals surface area contributed by atoms with E-state index in [0.29, 0.717) is 12.6 Å². The number of hydrogen-bond donors (Lipinski definition) is 1. The van der Waals surface area contributed by atoms with Gasteiger partial charge in [0.15, 0.2) is 0 Å². The second-order valence-electron chi connectivity index (χ2n) is 4.64. The van der Waals surface area contributed by atoms with Gasteiger partial charge in [-0.15, -0.1) is 12.4 Å². The van der Waals surface area contributed by atoms with E-state index in [-0.39, 0.29) is 12.4 Å². The Labute approximate surface area is 120 Å². The molecule has 1 aliphatic rings. The fourth-order valence-corrected chi connectivity index (χ4v) is 2.11. The van der Waals surface area contributed by atoms with Gasteiger partial charge in [0.05, 0.1) is 0 Å². The van der Waals surface area contributed by atoms with E-state index in [1.807, 2.05) is 18.2 Å². The second-order valence-corrected chi connectivity index (χ2v) is 4.64. The largest absolute Gasteiger partial charge is 0.489 e. The summed E-state index contributed by atoms with van der Waals surface area (Å²) in [5, 5.41) is 3.40. The summed E-state index contributed by atoms with van der Waals surface area (Å²) in [6, 6.07) is 19.2. The van der Waals surface area contributed by atoms with Gasteiger partial charge < -0.3 is 10.1 Å². The Morgan fingerprint density at radius 3 is 2.26 bits per heavy atom. The van der Waals surface area contributed by atoms with Gasteiger partial charge in [-0.3, -0.25) is 0 Å². The molecule has 1 fully saturated rings. The highest BCUT2D eigenvalue weighted by Gasteiger charge is 2.17. The fourth-order valence-electron chi connectivity index (χ4n) is 2.11. The van der Waals surface area contributed by atoms with E-state index in [9.17, 15) is 0 Å². The van der Waals surface area contributed by atoms with Crippen LogP contribution in [0.5, 0.6) is 5.75 Å². The highest BCUT2D eigenvalue weighted by atomic mass is 35.5. The molecule has 0 amide bonds. The molecule has 2 aromatic rings. The Bertz CT molecular complexity index is 494. The van der Waals surface area contributed by atoms with Crippen molar-refractivity contribution in [1.29, 1.82) is 0 Å². The molecule has 0 unspecified atom stereocenters. The minimum absolute atomic E-state index is 0. The molecule has 19 heavy (non-hydrogen) atoms. The first kappa shape index (κ1) is 13.9. The molecule has 0 spiro atoms. The summed E-state index contributed by atoms with van der Waals surface area (Å²) < 4.78 is 5.76. The Hall–Kier alpha value is -1.51. The van der Waals surface area contributed by atoms with E-state index < -0.39 is 0 Å². The number of ether oxygens (including phenoxy) is 1. The molecule has 1 saturated heterocycles. The van der Waals surface area contributed by atoms with Crippen LogP contribution in [-0.2, 0) is 6.61 Å². The summed E-state index contributed by atoms with van der Waals surface area (Å²) in [7, 11) is 0. The van der Waals surface area contributed by atoms with Crippen LogP contribution in [-0.4, -0.2) is 6.54 Å². The lowest BCUT2D eigenvalue weighted by atomic mass is 9.98. The molecule has 0 aliphatic carbocycles. The Kier molecular flexibility index (Phi) is 4.83. The molecule has 100 valence electrons. The van der Waals surface area contributed by atoms with E-state index in [2.05, 4.69) is 41.7 Å². The third-order valence-corrected chi connectivity index (χ3v) is 3.35. The summed E-state index contributed by atoms with van der Waals surface area (Å²) in [6.07, 6.45) is 1.24. The van der Waals surface area contributed by atoms with Crippen LogP contribution in [0.1, 0.15) is 23.6 Å². The molecule has 1 N–H and O–H groups in total. The normalized spacial score (nSPS) is 17.2. The molecule has 3 heteroatoms. The molecular formula is C16H18ClNO. The van der Waals surface area contributed by atoms with Crippen LogP contribution >= 0.6 is 12.4 Å². The lowest BCUT2D eigenvalue weighted by Gasteiger charge is -2.28. The molecule has 0 radical (unpaired) electrons. The van der Waals surface area contributed by atoms with E-state index >= 15 is 0 Å². The van der Waals surface area contributed by atoms with Gasteiger partial charge in [0.2, 0.25) is 0 Å². The maximum absolute atomic E-state index is 5.76. The van der Waals surface area contributed by atoms with E-state index in [4.69, 9.17) is 4.74 Å². The quantitative estimate of drug-likeness (QED) is 0.918. The summed E-state index contributed by atoms with van der Waals surface area (Å²) in [5.41, 5.74) is 2.55. The van der Waals surface area contributed by atoms with Crippen LogP contribution in [0, 0.1) is 0 Å². The average molecular weight is 276 g/mol. The van der Waals surface area contributed by atoms with E-state index in [1.54, 1.807) is 0 Å². The third kappa shape index (κ3) is 3.49. The average Bonchev–Trinajstić information content (AvgIpc) is 2.37. The van der Waals surface area contributed by atoms with Crippen molar-refractivity contribution in [1.82, 2.24) is 5.32 Å². The highest BCUT2D eigenvalue weighted by molar-refractivity contribution is 5.85. The first-order valence-corrected chi connectivity index (χ1v) is 6.42. The Morgan fingerprint density at radius 2 is 1.68 bits per heavy atom. The van der Waals surface area contributed by atoms with Gasteiger partial charge >= 0.3 is 0 Å². The second kappa shape index (κ2) is 6.60. The summed E-state index contributed by atoms with van der Waals surface area (Å²) >= 11 is 0. The van der Waals surface area contributed by atoms with Crippen molar-refractivity contribution < 1.29 is 4.74 Å². The summed E-state index contributed by atoms with van der Waals surface area (Å²) in [4.78, 5) is 0. The number of nitrogens with one attached hydrogen (secondary N) is 1. The smallest absolute Gasteiger partial charge is 0.119 e.